The van der Waals surface area contributed by atoms with E-state index in [9.17, 15) is 14.9 Å². The highest BCUT2D eigenvalue weighted by Crippen LogP contribution is 2.38. The first-order valence-electron chi connectivity index (χ1n) is 10.2. The lowest BCUT2D eigenvalue weighted by molar-refractivity contribution is -0.384. The molecular weight excluding hydrogens is 466 g/mol. The van der Waals surface area contributed by atoms with E-state index in [1.54, 1.807) is 12.1 Å². The minimum Gasteiger partial charge on any atom is -0.454 e. The van der Waals surface area contributed by atoms with E-state index in [0.717, 1.165) is 11.3 Å². The number of nitrogens with zero attached hydrogens (tertiary/aromatic N) is 3. The molecular formula is C22H19N3O6S2. The van der Waals surface area contributed by atoms with Gasteiger partial charge in [0, 0.05) is 36.5 Å². The second-order valence-corrected chi connectivity index (χ2v) is 9.23. The number of carbonyl (C=O) groups excluding carboxylic acids is 1. The third-order valence-electron chi connectivity index (χ3n) is 5.51. The molecule has 0 spiro atoms. The lowest BCUT2D eigenvalue weighted by atomic mass is 10.1. The van der Waals surface area contributed by atoms with Crippen LogP contribution in [0.15, 0.2) is 41.3 Å². The van der Waals surface area contributed by atoms with Gasteiger partial charge in [-0.05, 0) is 29.8 Å². The molecule has 0 aliphatic carbocycles. The molecule has 2 saturated heterocycles. The molecule has 3 aliphatic heterocycles. The van der Waals surface area contributed by atoms with Crippen molar-refractivity contribution in [1.82, 2.24) is 4.90 Å². The summed E-state index contributed by atoms with van der Waals surface area (Å²) in [4.78, 5) is 28.2. The first-order valence-corrected chi connectivity index (χ1v) is 11.5. The Hall–Kier alpha value is -3.15. The third-order valence-corrected chi connectivity index (χ3v) is 6.89. The van der Waals surface area contributed by atoms with E-state index in [1.807, 2.05) is 18.2 Å². The molecule has 11 heteroatoms. The van der Waals surface area contributed by atoms with E-state index in [4.69, 9.17) is 26.4 Å². The molecule has 0 N–H and O–H groups in total. The number of nitro groups is 1. The number of rotatable bonds is 5. The van der Waals surface area contributed by atoms with E-state index in [0.29, 0.717) is 59.1 Å². The van der Waals surface area contributed by atoms with Crippen LogP contribution in [-0.4, -0.2) is 53.1 Å². The lowest BCUT2D eigenvalue weighted by Crippen LogP contribution is -2.36. The third kappa shape index (κ3) is 4.39. The van der Waals surface area contributed by atoms with Crippen molar-refractivity contribution in [2.75, 3.05) is 38.0 Å². The van der Waals surface area contributed by atoms with Gasteiger partial charge in [0.05, 0.1) is 29.6 Å². The van der Waals surface area contributed by atoms with Crippen molar-refractivity contribution >= 4 is 51.7 Å². The van der Waals surface area contributed by atoms with E-state index in [-0.39, 0.29) is 18.4 Å². The van der Waals surface area contributed by atoms with Gasteiger partial charge in [0.15, 0.2) is 11.5 Å². The molecule has 170 valence electrons. The monoisotopic (exact) mass is 485 g/mol. The summed E-state index contributed by atoms with van der Waals surface area (Å²) >= 11 is 6.66. The van der Waals surface area contributed by atoms with Crippen molar-refractivity contribution in [3.05, 3.63) is 62.5 Å². The van der Waals surface area contributed by atoms with Gasteiger partial charge in [-0.3, -0.25) is 19.8 Å². The number of thioether (sulfide) groups is 1. The lowest BCUT2D eigenvalue weighted by Gasteiger charge is -2.30. The van der Waals surface area contributed by atoms with E-state index in [2.05, 4.69) is 4.90 Å². The first-order chi connectivity index (χ1) is 16.0. The number of fused-ring (bicyclic) bond motifs is 1. The van der Waals surface area contributed by atoms with Gasteiger partial charge in [-0.15, -0.1) is 0 Å². The van der Waals surface area contributed by atoms with Crippen LogP contribution >= 0.6 is 24.0 Å². The molecule has 9 nitrogen and oxygen atoms in total. The summed E-state index contributed by atoms with van der Waals surface area (Å²) in [6.07, 6.45) is 1.69. The van der Waals surface area contributed by atoms with Crippen molar-refractivity contribution < 1.29 is 23.9 Å². The van der Waals surface area contributed by atoms with Crippen LogP contribution in [0, 0.1) is 10.1 Å². The standard InChI is InChI=1S/C22H19N3O6S2/c26-21-20(33-22(32)24(21)12-14-1-4-18-19(9-14)31-13-30-18)11-15-10-16(25(27)28)2-3-17(15)23-5-7-29-8-6-23/h1-4,9-11H,5-8,12-13H2. The second-order valence-electron chi connectivity index (χ2n) is 7.56. The first kappa shape index (κ1) is 21.7. The maximum absolute atomic E-state index is 13.2. The van der Waals surface area contributed by atoms with Crippen molar-refractivity contribution in [2.24, 2.45) is 0 Å². The molecule has 0 bridgehead atoms. The van der Waals surface area contributed by atoms with Gasteiger partial charge in [-0.2, -0.15) is 0 Å². The minimum absolute atomic E-state index is 0.0332. The largest absolute Gasteiger partial charge is 0.454 e. The van der Waals surface area contributed by atoms with E-state index >= 15 is 0 Å². The Labute approximate surface area is 199 Å². The van der Waals surface area contributed by atoms with Gasteiger partial charge in [-0.25, -0.2) is 0 Å². The van der Waals surface area contributed by atoms with Gasteiger partial charge in [0.2, 0.25) is 6.79 Å². The molecule has 3 heterocycles. The molecule has 1 amide bonds. The number of carbonyl (C=O) groups is 1. The van der Waals surface area contributed by atoms with Crippen LogP contribution in [0.4, 0.5) is 11.4 Å². The van der Waals surface area contributed by atoms with Crippen LogP contribution in [0.2, 0.25) is 0 Å². The van der Waals surface area contributed by atoms with Crippen LogP contribution in [-0.2, 0) is 16.1 Å². The summed E-state index contributed by atoms with van der Waals surface area (Å²) < 4.78 is 16.6. The molecule has 2 aromatic carbocycles. The van der Waals surface area contributed by atoms with Gasteiger partial charge in [0.1, 0.15) is 4.32 Å². The fourth-order valence-corrected chi connectivity index (χ4v) is 5.11. The molecule has 33 heavy (non-hydrogen) atoms. The zero-order valence-electron chi connectivity index (χ0n) is 17.4. The Bertz CT molecular complexity index is 1180. The van der Waals surface area contributed by atoms with Crippen LogP contribution in [0.3, 0.4) is 0 Å². The number of anilines is 1. The molecule has 2 fully saturated rings. The summed E-state index contributed by atoms with van der Waals surface area (Å²) in [5.41, 5.74) is 2.26. The number of nitro benzene ring substituents is 1. The number of thiocarbonyl (C=S) groups is 1. The number of ether oxygens (including phenoxy) is 3. The van der Waals surface area contributed by atoms with Crippen molar-refractivity contribution in [2.45, 2.75) is 6.54 Å². The van der Waals surface area contributed by atoms with Gasteiger partial charge in [-0.1, -0.05) is 30.0 Å². The minimum atomic E-state index is -0.439. The van der Waals surface area contributed by atoms with Crippen LogP contribution < -0.4 is 14.4 Å². The maximum Gasteiger partial charge on any atom is 0.270 e. The van der Waals surface area contributed by atoms with Crippen LogP contribution in [0.25, 0.3) is 6.08 Å². The fraction of sp³-hybridized carbons (Fsp3) is 0.273. The molecule has 0 unspecified atom stereocenters. The smallest absolute Gasteiger partial charge is 0.270 e. The predicted molar refractivity (Wildman–Crippen MR) is 127 cm³/mol. The Morgan fingerprint density at radius 3 is 2.70 bits per heavy atom. The highest BCUT2D eigenvalue weighted by molar-refractivity contribution is 8.26. The topological polar surface area (TPSA) is 94.4 Å². The molecule has 0 saturated carbocycles. The van der Waals surface area contributed by atoms with Crippen LogP contribution in [0.5, 0.6) is 11.5 Å². The average molecular weight is 486 g/mol. The number of morpholine rings is 1. The maximum atomic E-state index is 13.2. The molecule has 5 rings (SSSR count). The summed E-state index contributed by atoms with van der Waals surface area (Å²) in [7, 11) is 0. The highest BCUT2D eigenvalue weighted by Gasteiger charge is 2.33. The molecule has 2 aromatic rings. The zero-order valence-corrected chi connectivity index (χ0v) is 19.0. The molecule has 0 atom stereocenters. The molecule has 0 radical (unpaired) electrons. The Balaban J connectivity index is 1.43. The van der Waals surface area contributed by atoms with E-state index < -0.39 is 4.92 Å². The van der Waals surface area contributed by atoms with Gasteiger partial charge < -0.3 is 19.1 Å². The Morgan fingerprint density at radius 1 is 1.12 bits per heavy atom. The highest BCUT2D eigenvalue weighted by atomic mass is 32.2. The van der Waals surface area contributed by atoms with Crippen molar-refractivity contribution in [3.8, 4) is 11.5 Å². The summed E-state index contributed by atoms with van der Waals surface area (Å²) in [6, 6.07) is 10.2. The Morgan fingerprint density at radius 2 is 1.91 bits per heavy atom. The summed E-state index contributed by atoms with van der Waals surface area (Å²) in [5, 5.41) is 11.4. The molecule has 3 aliphatic rings. The van der Waals surface area contributed by atoms with E-state index in [1.165, 1.54) is 28.8 Å². The predicted octanol–water partition coefficient (Wildman–Crippen LogP) is 3.56. The van der Waals surface area contributed by atoms with Crippen LogP contribution in [0.1, 0.15) is 11.1 Å². The SMILES string of the molecule is O=C1C(=Cc2cc([N+](=O)[O-])ccc2N2CCOCC2)SC(=S)N1Cc1ccc2c(c1)OCO2. The molecule has 0 aromatic heterocycles. The summed E-state index contributed by atoms with van der Waals surface area (Å²) in [5.74, 6) is 1.08. The van der Waals surface area contributed by atoms with Crippen molar-refractivity contribution in [3.63, 3.8) is 0 Å². The summed E-state index contributed by atoms with van der Waals surface area (Å²) in [6.45, 7) is 2.97. The quantitative estimate of drug-likeness (QED) is 0.273. The number of non-ortho nitro benzene ring substituents is 1. The Kier molecular flexibility index (Phi) is 5.92. The normalized spacial score (nSPS) is 19.0. The zero-order chi connectivity index (χ0) is 22.9. The van der Waals surface area contributed by atoms with Gasteiger partial charge >= 0.3 is 0 Å². The average Bonchev–Trinajstić information content (AvgIpc) is 3.39. The van der Waals surface area contributed by atoms with Gasteiger partial charge in [0.25, 0.3) is 11.6 Å². The number of benzene rings is 2. The second kappa shape index (κ2) is 9.00. The number of hydrogen-bond acceptors (Lipinski definition) is 9. The fourth-order valence-electron chi connectivity index (χ4n) is 3.86. The van der Waals surface area contributed by atoms with Crippen molar-refractivity contribution in [1.29, 1.82) is 0 Å². The number of amides is 1. The number of hydrogen-bond donors (Lipinski definition) is 0.